The SMILES string of the molecule is C[C@]12CCC(OC(=O)C(F)(F)C(F)(F)C(F)(F)F)=CC1=CC[C@@H]1[C@@H]2CC[C@]2(C)C(OC(=O)C(F)(F)C(F)(F)C(F)(F)F)CC[C@@H]12. The summed E-state index contributed by atoms with van der Waals surface area (Å²) in [6, 6.07) is 0. The van der Waals surface area contributed by atoms with Gasteiger partial charge < -0.3 is 9.47 Å². The molecule has 0 aromatic carbocycles. The average molecular weight is 680 g/mol. The number of alkyl halides is 14. The molecule has 0 heterocycles. The van der Waals surface area contributed by atoms with Crippen LogP contribution >= 0.6 is 0 Å². The Balaban J connectivity index is 1.51. The molecule has 0 radical (unpaired) electrons. The minimum Gasteiger partial charge on any atom is -0.457 e. The highest BCUT2D eigenvalue weighted by atomic mass is 19.4. The summed E-state index contributed by atoms with van der Waals surface area (Å²) in [7, 11) is 0. The van der Waals surface area contributed by atoms with Gasteiger partial charge in [0.25, 0.3) is 0 Å². The second-order valence-electron chi connectivity index (χ2n) is 12.5. The Labute approximate surface area is 246 Å². The molecule has 4 aliphatic rings. The van der Waals surface area contributed by atoms with Crippen molar-refractivity contribution in [3.63, 3.8) is 0 Å². The Morgan fingerprint density at radius 3 is 1.80 bits per heavy atom. The van der Waals surface area contributed by atoms with Gasteiger partial charge in [0.1, 0.15) is 11.9 Å². The normalized spacial score (nSPS) is 32.9. The number of carbonyl (C=O) groups excluding carboxylic acids is 2. The van der Waals surface area contributed by atoms with E-state index in [9.17, 15) is 71.1 Å². The van der Waals surface area contributed by atoms with Gasteiger partial charge in [0.05, 0.1) is 0 Å². The van der Waals surface area contributed by atoms with Crippen molar-refractivity contribution in [3.8, 4) is 0 Å². The predicted octanol–water partition coefficient (Wildman–Crippen LogP) is 8.56. The maximum Gasteiger partial charge on any atom is 0.460 e. The number of rotatable bonds is 6. The molecular formula is C27H26F14O4. The third kappa shape index (κ3) is 5.19. The maximum atomic E-state index is 14.0. The second-order valence-corrected chi connectivity index (χ2v) is 12.5. The van der Waals surface area contributed by atoms with Gasteiger partial charge in [-0.1, -0.05) is 19.9 Å². The molecule has 0 aliphatic heterocycles. The molecule has 0 amide bonds. The van der Waals surface area contributed by atoms with E-state index >= 15 is 0 Å². The second kappa shape index (κ2) is 10.5. The molecule has 6 atom stereocenters. The Kier molecular flexibility index (Phi) is 8.22. The van der Waals surface area contributed by atoms with E-state index in [1.54, 1.807) is 19.9 Å². The summed E-state index contributed by atoms with van der Waals surface area (Å²) in [4.78, 5) is 23.7. The van der Waals surface area contributed by atoms with Gasteiger partial charge in [0.2, 0.25) is 0 Å². The molecule has 1 unspecified atom stereocenters. The van der Waals surface area contributed by atoms with Gasteiger partial charge in [0, 0.05) is 11.8 Å². The topological polar surface area (TPSA) is 52.6 Å². The Hall–Kier alpha value is -2.56. The van der Waals surface area contributed by atoms with E-state index in [1.165, 1.54) is 0 Å². The van der Waals surface area contributed by atoms with E-state index in [0.29, 0.717) is 12.0 Å². The van der Waals surface area contributed by atoms with Gasteiger partial charge in [-0.25, -0.2) is 9.59 Å². The molecule has 4 aliphatic carbocycles. The van der Waals surface area contributed by atoms with Gasteiger partial charge in [-0.2, -0.15) is 61.5 Å². The fourth-order valence-electron chi connectivity index (χ4n) is 7.52. The fraction of sp³-hybridized carbons (Fsp3) is 0.778. The van der Waals surface area contributed by atoms with Crippen LogP contribution in [-0.4, -0.2) is 54.1 Å². The van der Waals surface area contributed by atoms with Crippen molar-refractivity contribution >= 4 is 11.9 Å². The van der Waals surface area contributed by atoms with Crippen molar-refractivity contribution < 1.29 is 80.5 Å². The maximum absolute atomic E-state index is 14.0. The van der Waals surface area contributed by atoms with Crippen LogP contribution in [0.4, 0.5) is 61.5 Å². The van der Waals surface area contributed by atoms with Crippen molar-refractivity contribution in [3.05, 3.63) is 23.5 Å². The van der Waals surface area contributed by atoms with Crippen LogP contribution in [0.3, 0.4) is 0 Å². The standard InChI is InChI=1S/C27H26F14O4/c1-20-9-7-13(44-18(42)22(28,29)24(32,33)26(36,37)38)11-12(20)3-4-14-15-5-6-17(21(15,2)10-8-16(14)20)45-19(43)23(30,31)25(34,35)27(39,40)41/h3,11,14-17H,4-10H2,1-2H3/t14-,15-,16-,17?,20-,21-/m0/s1. The zero-order valence-corrected chi connectivity index (χ0v) is 23.3. The van der Waals surface area contributed by atoms with Crippen molar-refractivity contribution in [2.24, 2.45) is 28.6 Å². The largest absolute Gasteiger partial charge is 0.460 e. The van der Waals surface area contributed by atoms with E-state index in [0.717, 1.165) is 6.08 Å². The third-order valence-electron chi connectivity index (χ3n) is 10.1. The van der Waals surface area contributed by atoms with Crippen LogP contribution in [0.2, 0.25) is 0 Å². The highest BCUT2D eigenvalue weighted by Crippen LogP contribution is 2.65. The number of fused-ring (bicyclic) bond motifs is 5. The van der Waals surface area contributed by atoms with E-state index in [1.807, 2.05) is 0 Å². The zero-order chi connectivity index (χ0) is 34.4. The molecule has 2 fully saturated rings. The highest BCUT2D eigenvalue weighted by Gasteiger charge is 2.78. The van der Waals surface area contributed by atoms with E-state index < -0.39 is 70.7 Å². The van der Waals surface area contributed by atoms with Gasteiger partial charge >= 0.3 is 48.0 Å². The fourth-order valence-corrected chi connectivity index (χ4v) is 7.52. The Bertz CT molecular complexity index is 1280. The number of ether oxygens (including phenoxy) is 2. The van der Waals surface area contributed by atoms with Gasteiger partial charge in [-0.05, 0) is 73.3 Å². The van der Waals surface area contributed by atoms with Crippen LogP contribution in [0.1, 0.15) is 58.8 Å². The number of allylic oxidation sites excluding steroid dienone is 4. The van der Waals surface area contributed by atoms with Crippen molar-refractivity contribution in [1.29, 1.82) is 0 Å². The molecular weight excluding hydrogens is 654 g/mol. The smallest absolute Gasteiger partial charge is 0.457 e. The van der Waals surface area contributed by atoms with Crippen LogP contribution in [0.25, 0.3) is 0 Å². The van der Waals surface area contributed by atoms with E-state index in [4.69, 9.17) is 0 Å². The number of carbonyl (C=O) groups is 2. The van der Waals surface area contributed by atoms with Gasteiger partial charge in [0.15, 0.2) is 0 Å². The first-order valence-electron chi connectivity index (χ1n) is 13.7. The minimum absolute atomic E-state index is 0.0704. The molecule has 4 rings (SSSR count). The first kappa shape index (κ1) is 35.3. The lowest BCUT2D eigenvalue weighted by Gasteiger charge is -2.56. The first-order chi connectivity index (χ1) is 20.2. The zero-order valence-electron chi connectivity index (χ0n) is 23.3. The monoisotopic (exact) mass is 680 g/mol. The lowest BCUT2D eigenvalue weighted by Crippen LogP contribution is -2.58. The number of hydrogen-bond donors (Lipinski definition) is 0. The molecule has 0 bridgehead atoms. The lowest BCUT2D eigenvalue weighted by molar-refractivity contribution is -0.349. The first-order valence-corrected chi connectivity index (χ1v) is 13.7. The summed E-state index contributed by atoms with van der Waals surface area (Å²) in [6.07, 6.45) is -11.6. The summed E-state index contributed by atoms with van der Waals surface area (Å²) < 4.78 is 193. The highest BCUT2D eigenvalue weighted by molar-refractivity contribution is 5.80. The minimum atomic E-state index is -6.74. The van der Waals surface area contributed by atoms with Crippen LogP contribution < -0.4 is 0 Å². The lowest BCUT2D eigenvalue weighted by atomic mass is 9.48. The number of esters is 2. The molecule has 18 heteroatoms. The molecule has 45 heavy (non-hydrogen) atoms. The van der Waals surface area contributed by atoms with Crippen molar-refractivity contribution in [2.75, 3.05) is 0 Å². The summed E-state index contributed by atoms with van der Waals surface area (Å²) in [6.45, 7) is 3.31. The molecule has 256 valence electrons. The predicted molar refractivity (Wildman–Crippen MR) is 123 cm³/mol. The van der Waals surface area contributed by atoms with Crippen LogP contribution in [-0.2, 0) is 19.1 Å². The summed E-state index contributed by atoms with van der Waals surface area (Å²) in [5.74, 6) is -33.3. The van der Waals surface area contributed by atoms with Crippen LogP contribution in [0.5, 0.6) is 0 Å². The number of hydrogen-bond acceptors (Lipinski definition) is 4. The molecule has 0 saturated heterocycles. The molecule has 0 spiro atoms. The third-order valence-corrected chi connectivity index (χ3v) is 10.1. The summed E-state index contributed by atoms with van der Waals surface area (Å²) in [5.41, 5.74) is -1.43. The van der Waals surface area contributed by atoms with Gasteiger partial charge in [-0.15, -0.1) is 0 Å². The van der Waals surface area contributed by atoms with Crippen molar-refractivity contribution in [2.45, 2.75) is 101 Å². The molecule has 4 nitrogen and oxygen atoms in total. The van der Waals surface area contributed by atoms with E-state index in [2.05, 4.69) is 9.47 Å². The molecule has 0 N–H and O–H groups in total. The van der Waals surface area contributed by atoms with Crippen LogP contribution in [0, 0.1) is 28.6 Å². The van der Waals surface area contributed by atoms with E-state index in [-0.39, 0.29) is 56.3 Å². The summed E-state index contributed by atoms with van der Waals surface area (Å²) >= 11 is 0. The molecule has 0 aromatic heterocycles. The van der Waals surface area contributed by atoms with Crippen LogP contribution in [0.15, 0.2) is 23.5 Å². The quantitative estimate of drug-likeness (QED) is 0.209. The van der Waals surface area contributed by atoms with Gasteiger partial charge in [-0.3, -0.25) is 0 Å². The number of halogens is 14. The molecule has 0 aromatic rings. The van der Waals surface area contributed by atoms with Crippen molar-refractivity contribution in [1.82, 2.24) is 0 Å². The molecule has 2 saturated carbocycles. The summed E-state index contributed by atoms with van der Waals surface area (Å²) in [5, 5.41) is 0. The Morgan fingerprint density at radius 1 is 0.733 bits per heavy atom. The Morgan fingerprint density at radius 2 is 1.27 bits per heavy atom. The average Bonchev–Trinajstić information content (AvgIpc) is 3.23.